The Labute approximate surface area is 111 Å². The predicted octanol–water partition coefficient (Wildman–Crippen LogP) is 1.72. The third-order valence-corrected chi connectivity index (χ3v) is 4.30. The summed E-state index contributed by atoms with van der Waals surface area (Å²) in [4.78, 5) is 18.7. The number of nitrogens with one attached hydrogen (secondary N) is 1. The molecule has 0 saturated carbocycles. The second-order valence-electron chi connectivity index (χ2n) is 4.03. The number of hydrogen-bond donors (Lipinski definition) is 2. The van der Waals surface area contributed by atoms with Crippen molar-refractivity contribution in [3.05, 3.63) is 22.5 Å². The molecule has 94 valence electrons. The summed E-state index contributed by atoms with van der Waals surface area (Å²) in [6.45, 7) is 1.90. The fourth-order valence-corrected chi connectivity index (χ4v) is 3.40. The minimum absolute atomic E-state index is 0.164. The fraction of sp³-hybridized carbons (Fsp3) is 0.273. The van der Waals surface area contributed by atoms with Gasteiger partial charge in [-0.05, 0) is 13.0 Å². The number of aromatic nitrogens is 2. The summed E-state index contributed by atoms with van der Waals surface area (Å²) >= 11 is 2.94. The SMILES string of the molecule is CC(O)CNC(=O)c1cc2c(nc3sccn32)s1. The van der Waals surface area contributed by atoms with Gasteiger partial charge in [0.05, 0.1) is 16.5 Å². The zero-order valence-corrected chi connectivity index (χ0v) is 11.2. The minimum Gasteiger partial charge on any atom is -0.392 e. The van der Waals surface area contributed by atoms with E-state index in [0.29, 0.717) is 4.88 Å². The molecule has 0 radical (unpaired) electrons. The first kappa shape index (κ1) is 11.6. The maximum atomic E-state index is 11.8. The molecule has 3 rings (SSSR count). The lowest BCUT2D eigenvalue weighted by Crippen LogP contribution is -2.29. The minimum atomic E-state index is -0.539. The average Bonchev–Trinajstić information content (AvgIpc) is 2.95. The van der Waals surface area contributed by atoms with Crippen molar-refractivity contribution in [1.82, 2.24) is 14.7 Å². The second kappa shape index (κ2) is 4.34. The highest BCUT2D eigenvalue weighted by Gasteiger charge is 2.14. The molecule has 0 aliphatic carbocycles. The van der Waals surface area contributed by atoms with Crippen LogP contribution in [0.15, 0.2) is 17.6 Å². The molecule has 0 aromatic carbocycles. The molecule has 3 aromatic heterocycles. The molecule has 0 aliphatic rings. The molecule has 0 bridgehead atoms. The molecule has 3 aromatic rings. The predicted molar refractivity (Wildman–Crippen MR) is 72.5 cm³/mol. The number of hydrogen-bond acceptors (Lipinski definition) is 5. The molecule has 0 fully saturated rings. The number of nitrogens with zero attached hydrogens (tertiary/aromatic N) is 2. The number of aliphatic hydroxyl groups excluding tert-OH is 1. The quantitative estimate of drug-likeness (QED) is 0.768. The summed E-state index contributed by atoms with van der Waals surface area (Å²) in [6, 6.07) is 1.84. The van der Waals surface area contributed by atoms with Crippen LogP contribution in [0, 0.1) is 0 Å². The van der Waals surface area contributed by atoms with Crippen molar-refractivity contribution in [3.63, 3.8) is 0 Å². The van der Waals surface area contributed by atoms with E-state index in [0.717, 1.165) is 15.3 Å². The standard InChI is InChI=1S/C11H11N3O2S2/c1-6(15)5-12-9(16)8-4-7-10(18-8)13-11-14(7)2-3-17-11/h2-4,6,15H,5H2,1H3,(H,12,16). The van der Waals surface area contributed by atoms with Gasteiger partial charge in [-0.2, -0.15) is 0 Å². The Kier molecular flexibility index (Phi) is 2.81. The highest BCUT2D eigenvalue weighted by atomic mass is 32.1. The van der Waals surface area contributed by atoms with E-state index in [1.165, 1.54) is 11.3 Å². The summed E-state index contributed by atoms with van der Waals surface area (Å²) in [6.07, 6.45) is 1.41. The molecule has 3 heterocycles. The van der Waals surface area contributed by atoms with Crippen LogP contribution in [-0.2, 0) is 0 Å². The molecule has 0 saturated heterocycles. The molecule has 0 spiro atoms. The molecular formula is C11H11N3O2S2. The van der Waals surface area contributed by atoms with Crippen molar-refractivity contribution in [3.8, 4) is 0 Å². The number of amides is 1. The monoisotopic (exact) mass is 281 g/mol. The van der Waals surface area contributed by atoms with Crippen molar-refractivity contribution < 1.29 is 9.90 Å². The van der Waals surface area contributed by atoms with Gasteiger partial charge in [0.15, 0.2) is 4.96 Å². The summed E-state index contributed by atoms with van der Waals surface area (Å²) < 4.78 is 1.97. The smallest absolute Gasteiger partial charge is 0.261 e. The molecule has 7 heteroatoms. The van der Waals surface area contributed by atoms with Crippen LogP contribution in [0.4, 0.5) is 0 Å². The number of thiophene rings is 1. The molecule has 0 aliphatic heterocycles. The maximum absolute atomic E-state index is 11.8. The van der Waals surface area contributed by atoms with Gasteiger partial charge < -0.3 is 10.4 Å². The van der Waals surface area contributed by atoms with Crippen molar-refractivity contribution in [2.24, 2.45) is 0 Å². The summed E-state index contributed by atoms with van der Waals surface area (Å²) in [5.74, 6) is -0.164. The van der Waals surface area contributed by atoms with E-state index in [-0.39, 0.29) is 12.5 Å². The molecule has 18 heavy (non-hydrogen) atoms. The third kappa shape index (κ3) is 1.90. The lowest BCUT2D eigenvalue weighted by Gasteiger charge is -2.04. The molecule has 2 N–H and O–H groups in total. The molecular weight excluding hydrogens is 270 g/mol. The number of rotatable bonds is 3. The van der Waals surface area contributed by atoms with Gasteiger partial charge in [-0.1, -0.05) is 0 Å². The van der Waals surface area contributed by atoms with Crippen molar-refractivity contribution >= 4 is 43.9 Å². The zero-order valence-electron chi connectivity index (χ0n) is 9.58. The van der Waals surface area contributed by atoms with Crippen LogP contribution in [0.25, 0.3) is 15.3 Å². The Morgan fingerprint density at radius 3 is 3.28 bits per heavy atom. The summed E-state index contributed by atoms with van der Waals surface area (Å²) in [7, 11) is 0. The Morgan fingerprint density at radius 1 is 1.67 bits per heavy atom. The van der Waals surface area contributed by atoms with Gasteiger partial charge in [0.1, 0.15) is 4.83 Å². The first-order valence-electron chi connectivity index (χ1n) is 5.46. The second-order valence-corrected chi connectivity index (χ2v) is 5.93. The highest BCUT2D eigenvalue weighted by molar-refractivity contribution is 7.21. The fourth-order valence-electron chi connectivity index (χ4n) is 1.69. The zero-order chi connectivity index (χ0) is 12.7. The van der Waals surface area contributed by atoms with E-state index in [4.69, 9.17) is 5.11 Å². The first-order chi connectivity index (χ1) is 8.65. The Bertz CT molecular complexity index is 710. The van der Waals surface area contributed by atoms with E-state index in [1.54, 1.807) is 18.3 Å². The van der Waals surface area contributed by atoms with Crippen LogP contribution in [0.3, 0.4) is 0 Å². The van der Waals surface area contributed by atoms with E-state index in [2.05, 4.69) is 10.3 Å². The topological polar surface area (TPSA) is 66.6 Å². The Balaban J connectivity index is 1.92. The van der Waals surface area contributed by atoms with Gasteiger partial charge in [-0.3, -0.25) is 9.20 Å². The van der Waals surface area contributed by atoms with Crippen LogP contribution in [0.2, 0.25) is 0 Å². The average molecular weight is 281 g/mol. The molecule has 1 unspecified atom stereocenters. The van der Waals surface area contributed by atoms with E-state index in [1.807, 2.05) is 22.0 Å². The lowest BCUT2D eigenvalue weighted by atomic mass is 10.3. The first-order valence-corrected chi connectivity index (χ1v) is 7.16. The van der Waals surface area contributed by atoms with Gasteiger partial charge in [-0.25, -0.2) is 4.98 Å². The van der Waals surface area contributed by atoms with E-state index in [9.17, 15) is 4.79 Å². The maximum Gasteiger partial charge on any atom is 0.261 e. The summed E-state index contributed by atoms with van der Waals surface area (Å²) in [5, 5.41) is 13.8. The number of thiazole rings is 1. The van der Waals surface area contributed by atoms with Crippen LogP contribution in [0.5, 0.6) is 0 Å². The van der Waals surface area contributed by atoms with Gasteiger partial charge in [0.2, 0.25) is 0 Å². The normalized spacial score (nSPS) is 13.2. The van der Waals surface area contributed by atoms with Gasteiger partial charge in [0, 0.05) is 18.1 Å². The van der Waals surface area contributed by atoms with Crippen LogP contribution in [0.1, 0.15) is 16.6 Å². The van der Waals surface area contributed by atoms with Crippen molar-refractivity contribution in [1.29, 1.82) is 0 Å². The number of carbonyl (C=O) groups is 1. The number of aliphatic hydroxyl groups is 1. The van der Waals surface area contributed by atoms with Gasteiger partial charge >= 0.3 is 0 Å². The number of imidazole rings is 1. The van der Waals surface area contributed by atoms with E-state index >= 15 is 0 Å². The highest BCUT2D eigenvalue weighted by Crippen LogP contribution is 2.28. The van der Waals surface area contributed by atoms with E-state index < -0.39 is 6.10 Å². The third-order valence-electron chi connectivity index (χ3n) is 2.52. The molecule has 1 amide bonds. The lowest BCUT2D eigenvalue weighted by molar-refractivity contribution is 0.0928. The Hall–Kier alpha value is -1.44. The largest absolute Gasteiger partial charge is 0.392 e. The number of fused-ring (bicyclic) bond motifs is 3. The van der Waals surface area contributed by atoms with Gasteiger partial charge in [0.25, 0.3) is 5.91 Å². The van der Waals surface area contributed by atoms with Crippen LogP contribution in [-0.4, -0.2) is 33.0 Å². The number of carbonyl (C=O) groups excluding carboxylic acids is 1. The van der Waals surface area contributed by atoms with Crippen molar-refractivity contribution in [2.45, 2.75) is 13.0 Å². The molecule has 1 atom stereocenters. The van der Waals surface area contributed by atoms with Gasteiger partial charge in [-0.15, -0.1) is 22.7 Å². The van der Waals surface area contributed by atoms with Crippen LogP contribution >= 0.6 is 22.7 Å². The Morgan fingerprint density at radius 2 is 2.50 bits per heavy atom. The summed E-state index contributed by atoms with van der Waals surface area (Å²) in [5.41, 5.74) is 0.957. The van der Waals surface area contributed by atoms with Crippen LogP contribution < -0.4 is 5.32 Å². The molecule has 5 nitrogen and oxygen atoms in total. The van der Waals surface area contributed by atoms with Crippen molar-refractivity contribution in [2.75, 3.05) is 6.54 Å².